The summed E-state index contributed by atoms with van der Waals surface area (Å²) in [6, 6.07) is 16.5. The fraction of sp³-hybridized carbons (Fsp3) is 0.150. The Morgan fingerprint density at radius 2 is 1.78 bits per heavy atom. The van der Waals surface area contributed by atoms with Crippen LogP contribution in [0.5, 0.6) is 0 Å². The summed E-state index contributed by atoms with van der Waals surface area (Å²) in [7, 11) is -1.18. The molecular formula is C20H17ClFNO3S. The summed E-state index contributed by atoms with van der Waals surface area (Å²) in [5.41, 5.74) is 1.30. The van der Waals surface area contributed by atoms with Crippen LogP contribution in [0.15, 0.2) is 65.1 Å². The molecule has 0 saturated heterocycles. The smallest absolute Gasteiger partial charge is 0.287 e. The van der Waals surface area contributed by atoms with E-state index in [1.54, 1.807) is 36.4 Å². The lowest BCUT2D eigenvalue weighted by molar-refractivity contribution is 0.0921. The Morgan fingerprint density at radius 3 is 2.52 bits per heavy atom. The molecule has 0 aliphatic heterocycles. The normalized spacial score (nSPS) is 11.9. The maximum atomic E-state index is 13.6. The van der Waals surface area contributed by atoms with Gasteiger partial charge in [0.25, 0.3) is 5.91 Å². The molecule has 0 radical (unpaired) electrons. The van der Waals surface area contributed by atoms with Gasteiger partial charge < -0.3 is 9.73 Å². The Bertz CT molecular complexity index is 956. The SMILES string of the molecule is O=C(NCc1ccccc1F)c1ccc(C[S@](=O)Cc2ccc(Cl)cc2)o1. The molecule has 0 unspecified atom stereocenters. The van der Waals surface area contributed by atoms with Gasteiger partial charge in [-0.3, -0.25) is 9.00 Å². The molecule has 0 spiro atoms. The molecule has 4 nitrogen and oxygen atoms in total. The van der Waals surface area contributed by atoms with Crippen LogP contribution in [0, 0.1) is 5.82 Å². The number of nitrogens with one attached hydrogen (secondary N) is 1. The minimum atomic E-state index is -1.18. The number of halogens is 2. The topological polar surface area (TPSA) is 59.3 Å². The summed E-state index contributed by atoms with van der Waals surface area (Å²) in [6.07, 6.45) is 0. The number of carbonyl (C=O) groups is 1. The Labute approximate surface area is 163 Å². The molecule has 0 bridgehead atoms. The van der Waals surface area contributed by atoms with Crippen molar-refractivity contribution in [1.82, 2.24) is 5.32 Å². The van der Waals surface area contributed by atoms with Crippen LogP contribution < -0.4 is 5.32 Å². The van der Waals surface area contributed by atoms with Crippen molar-refractivity contribution in [3.05, 3.63) is 94.2 Å². The minimum Gasteiger partial charge on any atom is -0.455 e. The van der Waals surface area contributed by atoms with E-state index in [1.807, 2.05) is 12.1 Å². The van der Waals surface area contributed by atoms with Gasteiger partial charge in [-0.2, -0.15) is 0 Å². The molecule has 0 saturated carbocycles. The van der Waals surface area contributed by atoms with Crippen molar-refractivity contribution in [1.29, 1.82) is 0 Å². The standard InChI is InChI=1S/C20H17ClFNO3S/c21-16-7-5-14(6-8-16)12-27(25)13-17-9-10-19(26-17)20(24)23-11-15-3-1-2-4-18(15)22/h1-10H,11-13H2,(H,23,24)/t27-/m1/s1. The molecule has 0 fully saturated rings. The van der Waals surface area contributed by atoms with E-state index in [4.69, 9.17) is 16.0 Å². The highest BCUT2D eigenvalue weighted by atomic mass is 35.5. The average Bonchev–Trinajstić information content (AvgIpc) is 3.11. The largest absolute Gasteiger partial charge is 0.455 e. The first kappa shape index (κ1) is 19.3. The lowest BCUT2D eigenvalue weighted by Crippen LogP contribution is -2.22. The van der Waals surface area contributed by atoms with E-state index in [0.717, 1.165) is 5.56 Å². The van der Waals surface area contributed by atoms with E-state index < -0.39 is 16.7 Å². The molecule has 0 aliphatic rings. The molecule has 140 valence electrons. The van der Waals surface area contributed by atoms with Crippen molar-refractivity contribution < 1.29 is 17.8 Å². The minimum absolute atomic E-state index is 0.0596. The van der Waals surface area contributed by atoms with E-state index >= 15 is 0 Å². The van der Waals surface area contributed by atoms with Gasteiger partial charge in [-0.25, -0.2) is 4.39 Å². The molecule has 1 amide bonds. The van der Waals surface area contributed by atoms with Gasteiger partial charge in [0.1, 0.15) is 11.6 Å². The first-order valence-corrected chi connectivity index (χ1v) is 10.1. The monoisotopic (exact) mass is 405 g/mol. The third-order valence-electron chi connectivity index (χ3n) is 3.83. The van der Waals surface area contributed by atoms with Crippen LogP contribution in [0.4, 0.5) is 4.39 Å². The number of furan rings is 1. The Morgan fingerprint density at radius 1 is 1.04 bits per heavy atom. The van der Waals surface area contributed by atoms with Gasteiger partial charge in [0.2, 0.25) is 0 Å². The van der Waals surface area contributed by atoms with Crippen molar-refractivity contribution in [3.63, 3.8) is 0 Å². The number of hydrogen-bond acceptors (Lipinski definition) is 3. The van der Waals surface area contributed by atoms with Gasteiger partial charge in [-0.1, -0.05) is 41.9 Å². The van der Waals surface area contributed by atoms with Crippen LogP contribution in [0.25, 0.3) is 0 Å². The third kappa shape index (κ3) is 5.52. The Kier molecular flexibility index (Phi) is 6.42. The van der Waals surface area contributed by atoms with Crippen LogP contribution in [0.1, 0.15) is 27.4 Å². The maximum Gasteiger partial charge on any atom is 0.287 e. The second kappa shape index (κ2) is 8.97. The third-order valence-corrected chi connectivity index (χ3v) is 5.34. The van der Waals surface area contributed by atoms with E-state index in [0.29, 0.717) is 22.1 Å². The maximum absolute atomic E-state index is 13.6. The summed E-state index contributed by atoms with van der Waals surface area (Å²) in [5, 5.41) is 3.23. The zero-order valence-corrected chi connectivity index (χ0v) is 15.9. The van der Waals surface area contributed by atoms with Gasteiger partial charge >= 0.3 is 0 Å². The number of hydrogen-bond donors (Lipinski definition) is 1. The second-order valence-electron chi connectivity index (χ2n) is 5.90. The predicted octanol–water partition coefficient (Wildman–Crippen LogP) is 4.45. The molecule has 3 aromatic rings. The number of rotatable bonds is 7. The van der Waals surface area contributed by atoms with Crippen LogP contribution in [-0.4, -0.2) is 10.1 Å². The fourth-order valence-corrected chi connectivity index (χ4v) is 3.72. The first-order valence-electron chi connectivity index (χ1n) is 8.21. The van der Waals surface area contributed by atoms with E-state index in [2.05, 4.69) is 5.32 Å². The highest BCUT2D eigenvalue weighted by molar-refractivity contribution is 7.83. The number of carbonyl (C=O) groups excluding carboxylic acids is 1. The molecule has 1 aromatic heterocycles. The fourth-order valence-electron chi connectivity index (χ4n) is 2.46. The summed E-state index contributed by atoms with van der Waals surface area (Å²) in [4.78, 5) is 12.1. The van der Waals surface area contributed by atoms with Crippen molar-refractivity contribution in [2.45, 2.75) is 18.1 Å². The first-order chi connectivity index (χ1) is 13.0. The molecule has 1 heterocycles. The van der Waals surface area contributed by atoms with Gasteiger partial charge in [-0.15, -0.1) is 0 Å². The van der Waals surface area contributed by atoms with Crippen molar-refractivity contribution >= 4 is 28.3 Å². The number of amides is 1. The van der Waals surface area contributed by atoms with Gasteiger partial charge in [0.05, 0.1) is 5.75 Å². The predicted molar refractivity (Wildman–Crippen MR) is 103 cm³/mol. The highest BCUT2D eigenvalue weighted by Crippen LogP contribution is 2.15. The van der Waals surface area contributed by atoms with Crippen molar-refractivity contribution in [2.24, 2.45) is 0 Å². The highest BCUT2D eigenvalue weighted by Gasteiger charge is 2.13. The van der Waals surface area contributed by atoms with Gasteiger partial charge in [0.15, 0.2) is 5.76 Å². The summed E-state index contributed by atoms with van der Waals surface area (Å²) >= 11 is 5.83. The van der Waals surface area contributed by atoms with Crippen LogP contribution >= 0.6 is 11.6 Å². The van der Waals surface area contributed by atoms with E-state index in [9.17, 15) is 13.4 Å². The van der Waals surface area contributed by atoms with E-state index in [-0.39, 0.29) is 23.9 Å². The molecule has 0 aliphatic carbocycles. The molecular weight excluding hydrogens is 389 g/mol. The lowest BCUT2D eigenvalue weighted by Gasteiger charge is -2.04. The van der Waals surface area contributed by atoms with Crippen LogP contribution in [0.3, 0.4) is 0 Å². The zero-order chi connectivity index (χ0) is 19.2. The summed E-state index contributed by atoms with van der Waals surface area (Å²) in [5.74, 6) is 0.294. The van der Waals surface area contributed by atoms with Crippen LogP contribution in [0.2, 0.25) is 5.02 Å². The van der Waals surface area contributed by atoms with E-state index in [1.165, 1.54) is 12.1 Å². The molecule has 1 atom stereocenters. The molecule has 2 aromatic carbocycles. The lowest BCUT2D eigenvalue weighted by atomic mass is 10.2. The Balaban J connectivity index is 1.54. The van der Waals surface area contributed by atoms with Gasteiger partial charge in [0, 0.05) is 33.7 Å². The number of benzene rings is 2. The quantitative estimate of drug-likeness (QED) is 0.631. The second-order valence-corrected chi connectivity index (χ2v) is 7.79. The summed E-state index contributed by atoms with van der Waals surface area (Å²) in [6.45, 7) is 0.0596. The molecule has 27 heavy (non-hydrogen) atoms. The molecule has 7 heteroatoms. The summed E-state index contributed by atoms with van der Waals surface area (Å²) < 4.78 is 31.3. The zero-order valence-electron chi connectivity index (χ0n) is 14.3. The van der Waals surface area contributed by atoms with Crippen molar-refractivity contribution in [3.8, 4) is 0 Å². The van der Waals surface area contributed by atoms with Gasteiger partial charge in [-0.05, 0) is 35.9 Å². The molecule has 1 N–H and O–H groups in total. The van der Waals surface area contributed by atoms with Crippen LogP contribution in [-0.2, 0) is 28.9 Å². The molecule has 3 rings (SSSR count). The Hall–Kier alpha value is -2.44. The average molecular weight is 406 g/mol. The van der Waals surface area contributed by atoms with Crippen molar-refractivity contribution in [2.75, 3.05) is 0 Å².